The van der Waals surface area contributed by atoms with Crippen molar-refractivity contribution in [2.45, 2.75) is 0 Å². The summed E-state index contributed by atoms with van der Waals surface area (Å²) < 4.78 is 7.75. The lowest BCUT2D eigenvalue weighted by atomic mass is 15.9. The number of rotatable bonds is 0. The van der Waals surface area contributed by atoms with Gasteiger partial charge in [-0.25, -0.2) is 0 Å². The van der Waals surface area contributed by atoms with Crippen molar-refractivity contribution in [1.29, 1.82) is 0 Å². The van der Waals surface area contributed by atoms with Gasteiger partial charge in [-0.2, -0.15) is 0 Å². The highest BCUT2D eigenvalue weighted by atomic mass is 33.1. The molecule has 1 N–H and O–H groups in total. The first kappa shape index (κ1) is 9.35. The third-order valence-corrected chi connectivity index (χ3v) is 0. The van der Waals surface area contributed by atoms with Crippen molar-refractivity contribution < 1.29 is 4.55 Å². The molecule has 1 nitrogen and oxygen atoms in total. The monoisotopic (exact) mass is 146 g/mol. The van der Waals surface area contributed by atoms with Crippen LogP contribution in [0.5, 0.6) is 0 Å². The quantitative estimate of drug-likeness (QED) is 0.313. The first-order chi connectivity index (χ1) is 1.73. The van der Waals surface area contributed by atoms with E-state index in [9.17, 15) is 0 Å². The van der Waals surface area contributed by atoms with Gasteiger partial charge in [0.1, 0.15) is 0 Å². The summed E-state index contributed by atoms with van der Waals surface area (Å²) in [5, 5.41) is 0. The topological polar surface area (TPSA) is 20.2 Å². The van der Waals surface area contributed by atoms with Gasteiger partial charge < -0.3 is 4.55 Å². The van der Waals surface area contributed by atoms with Crippen LogP contribution in [0.4, 0.5) is 0 Å². The summed E-state index contributed by atoms with van der Waals surface area (Å²) in [5.74, 6) is 0. The van der Waals surface area contributed by atoms with E-state index in [0.29, 0.717) is 0 Å². The van der Waals surface area contributed by atoms with Crippen molar-refractivity contribution in [3.05, 3.63) is 0 Å². The van der Waals surface area contributed by atoms with Gasteiger partial charge in [0, 0.05) is 8.29 Å². The Hall–Kier alpha value is 0.967. The number of thiol groups is 1. The normalized spacial score (nSPS) is 6.80. The molecule has 0 aromatic heterocycles. The van der Waals surface area contributed by atoms with E-state index >= 15 is 0 Å². The summed E-state index contributed by atoms with van der Waals surface area (Å²) in [6.07, 6.45) is 0. The maximum atomic E-state index is 7.75. The summed E-state index contributed by atoms with van der Waals surface area (Å²) in [7, 11) is -1.45. The zero-order chi connectivity index (χ0) is 3.58. The van der Waals surface area contributed by atoms with Gasteiger partial charge in [-0.05, 0) is 33.3 Å². The van der Waals surface area contributed by atoms with Crippen molar-refractivity contribution in [3.63, 3.8) is 0 Å². The minimum Gasteiger partial charge on any atom is -0.327 e. The Morgan fingerprint density at radius 3 is 1.40 bits per heavy atom. The molecule has 0 saturated heterocycles. The van der Waals surface area contributed by atoms with Crippen LogP contribution in [-0.4, -0.2) is 15.5 Å². The average Bonchev–Trinajstić information content (AvgIpc) is 0.811. The molecule has 0 aromatic rings. The Morgan fingerprint density at radius 2 is 1.40 bits per heavy atom. The van der Waals surface area contributed by atoms with Crippen molar-refractivity contribution in [1.82, 2.24) is 0 Å². The molecule has 0 aliphatic heterocycles. The summed E-state index contributed by atoms with van der Waals surface area (Å²) in [6, 6.07) is 0. The van der Waals surface area contributed by atoms with E-state index in [0.717, 1.165) is 0 Å². The largest absolute Gasteiger partial charge is 0.327 e. The average molecular weight is 146 g/mol. The van der Waals surface area contributed by atoms with Crippen molar-refractivity contribution in [3.8, 4) is 0 Å². The van der Waals surface area contributed by atoms with Crippen molar-refractivity contribution in [2.75, 3.05) is 0 Å². The van der Waals surface area contributed by atoms with E-state index in [4.69, 9.17) is 4.55 Å². The Bertz CT molecular complexity index is 55.3. The molecule has 0 amide bonds. The molecule has 0 heterocycles. The van der Waals surface area contributed by atoms with Crippen LogP contribution in [0.3, 0.4) is 0 Å². The molecule has 0 aliphatic rings. The van der Waals surface area contributed by atoms with E-state index in [1.165, 1.54) is 0 Å². The second-order valence-electron chi connectivity index (χ2n) is 0.238. The summed E-state index contributed by atoms with van der Waals surface area (Å²) in [6.45, 7) is 0. The van der Waals surface area contributed by atoms with Gasteiger partial charge >= 0.3 is 0 Å². The Kier molecular flexibility index (Phi) is 9.29. The van der Waals surface area contributed by atoms with Crippen molar-refractivity contribution in [2.24, 2.45) is 0 Å². The molecule has 0 fully saturated rings. The second kappa shape index (κ2) is 4.97. The van der Waals surface area contributed by atoms with Gasteiger partial charge in [-0.3, -0.25) is 0 Å². The maximum absolute atomic E-state index is 7.75. The van der Waals surface area contributed by atoms with E-state index in [1.807, 2.05) is 0 Å². The molecule has 0 rings (SSSR count). The highest BCUT2D eigenvalue weighted by Gasteiger charge is 1.34. The first-order valence-electron chi connectivity index (χ1n) is 0.565. The third-order valence-electron chi connectivity index (χ3n) is 0. The lowest BCUT2D eigenvalue weighted by Gasteiger charge is -1.51. The van der Waals surface area contributed by atoms with Crippen LogP contribution in [0.25, 0.3) is 0 Å². The Morgan fingerprint density at radius 1 is 1.40 bits per heavy atom. The highest BCUT2D eigenvalue weighted by molar-refractivity contribution is 8.43. The minimum atomic E-state index is -1.45. The molecule has 5 heavy (non-hydrogen) atoms. The molecule has 5 heteroatoms. The first-order valence-corrected chi connectivity index (χ1v) is 3.89. The molecule has 0 atom stereocenters. The van der Waals surface area contributed by atoms with Gasteiger partial charge in [-0.15, -0.1) is 0 Å². The molecular formula is H6OS3Si. The Balaban J connectivity index is 0. The van der Waals surface area contributed by atoms with Crippen LogP contribution in [0, 0.1) is 0 Å². The fourth-order valence-electron chi connectivity index (χ4n) is 0. The molecular weight excluding hydrogens is 140 g/mol. The smallest absolute Gasteiger partial charge is 0.00311 e. The number of hydrogen-bond acceptors (Lipinski definition) is 2. The highest BCUT2D eigenvalue weighted by Crippen LogP contribution is 1.35. The second-order valence-corrected chi connectivity index (χ2v) is 3.48. The summed E-state index contributed by atoms with van der Waals surface area (Å²) >= 11 is 8.11. The lowest BCUT2D eigenvalue weighted by Crippen LogP contribution is -1.50. The van der Waals surface area contributed by atoms with Crippen LogP contribution >= 0.6 is 0 Å². The fourth-order valence-corrected chi connectivity index (χ4v) is 0. The van der Waals surface area contributed by atoms with Crippen LogP contribution in [0.15, 0.2) is 0 Å². The predicted octanol–water partition coefficient (Wildman–Crippen LogP) is -1.72. The van der Waals surface area contributed by atoms with E-state index in [-0.39, 0.29) is 11.0 Å². The molecule has 0 unspecified atom stereocenters. The van der Waals surface area contributed by atoms with E-state index < -0.39 is 8.29 Å². The van der Waals surface area contributed by atoms with E-state index in [1.54, 1.807) is 0 Å². The van der Waals surface area contributed by atoms with Gasteiger partial charge in [0.25, 0.3) is 0 Å². The third kappa shape index (κ3) is 46.8. The molecule has 0 radical (unpaired) electrons. The van der Waals surface area contributed by atoms with Crippen LogP contribution < -0.4 is 0 Å². The predicted molar refractivity (Wildman–Crippen MR) is 37.5 cm³/mol. The zero-order valence-corrected chi connectivity index (χ0v) is 4.24. The van der Waals surface area contributed by atoms with Crippen LogP contribution in [-0.2, 0) is 30.7 Å². The van der Waals surface area contributed by atoms with Crippen LogP contribution in [0.2, 0.25) is 0 Å². The van der Waals surface area contributed by atoms with Gasteiger partial charge in [0.15, 0.2) is 0 Å². The fraction of sp³-hybridized carbons (Fsp3) is 0. The molecule has 0 spiro atoms. The van der Waals surface area contributed by atoms with Gasteiger partial charge in [0.05, 0.1) is 0 Å². The molecule has 34 valence electrons. The Labute approximate surface area is 46.5 Å². The standard InChI is InChI=1S/H2OS3.H4Si/c1-4(2)3;/h4H,(H,1,2,3);1H4. The zero-order valence-electron chi connectivity index (χ0n) is 1.71. The minimum absolute atomic E-state index is 0. The summed E-state index contributed by atoms with van der Waals surface area (Å²) in [5.41, 5.74) is 0. The van der Waals surface area contributed by atoms with E-state index in [2.05, 4.69) is 22.4 Å². The number of hydrogen-bond donors (Lipinski definition) is 2. The van der Waals surface area contributed by atoms with Gasteiger partial charge in [-0.1, -0.05) is 0 Å². The van der Waals surface area contributed by atoms with Gasteiger partial charge in [0.2, 0.25) is 0 Å². The summed E-state index contributed by atoms with van der Waals surface area (Å²) in [4.78, 5) is 0. The van der Waals surface area contributed by atoms with Crippen molar-refractivity contribution >= 4 is 41.6 Å². The molecule has 0 aliphatic carbocycles. The molecule has 0 bridgehead atoms. The molecule has 0 aromatic carbocycles. The maximum Gasteiger partial charge on any atom is 0.00311 e. The lowest BCUT2D eigenvalue weighted by molar-refractivity contribution is 0.671. The molecule has 0 saturated carbocycles. The van der Waals surface area contributed by atoms with Crippen LogP contribution in [0.1, 0.15) is 0 Å². The SMILES string of the molecule is O[SH](=S)=S.[SiH4].